The fourth-order valence-electron chi connectivity index (χ4n) is 2.41. The summed E-state index contributed by atoms with van der Waals surface area (Å²) in [4.78, 5) is 24.3. The summed E-state index contributed by atoms with van der Waals surface area (Å²) in [6.45, 7) is 1.69. The largest absolute Gasteiger partial charge is 0.365 e. The van der Waals surface area contributed by atoms with Crippen LogP contribution in [0.25, 0.3) is 11.1 Å². The molecule has 3 rings (SSSR count). The number of nitrogens with one attached hydrogen (secondary N) is 1. The number of hydrogen-bond donors (Lipinski definition) is 2. The summed E-state index contributed by atoms with van der Waals surface area (Å²) < 4.78 is -1.07. The zero-order chi connectivity index (χ0) is 16.8. The molecule has 3 N–H and O–H groups in total. The molecular weight excluding hydrogens is 355 g/mol. The van der Waals surface area contributed by atoms with Gasteiger partial charge in [0.1, 0.15) is 9.33 Å². The summed E-state index contributed by atoms with van der Waals surface area (Å²) in [7, 11) is 0. The van der Waals surface area contributed by atoms with E-state index in [0.717, 1.165) is 5.56 Å². The number of carbonyl (C=O) groups is 2. The third-order valence-corrected chi connectivity index (χ3v) is 6.11. The summed E-state index contributed by atoms with van der Waals surface area (Å²) in [5.41, 5.74) is 6.51. The number of alkyl halides is 2. The standard InChI is InChI=1S/C16H14Cl2N2O2S/c1-15(8-16(15,17)18)14(22)20-13-11(12(19)21)10(7-23-13)9-5-3-2-4-6-9/h2-7H,8H2,1H3,(H2,19,21)(H,20,22)/t15-/m0/s1. The molecule has 1 aliphatic carbocycles. The lowest BCUT2D eigenvalue weighted by atomic mass is 10.0. The van der Waals surface area contributed by atoms with Crippen molar-refractivity contribution in [2.45, 2.75) is 17.7 Å². The van der Waals surface area contributed by atoms with Crippen LogP contribution in [0.5, 0.6) is 0 Å². The van der Waals surface area contributed by atoms with Gasteiger partial charge in [0, 0.05) is 10.9 Å². The summed E-state index contributed by atoms with van der Waals surface area (Å²) in [5, 5.41) is 4.97. The molecule has 0 spiro atoms. The van der Waals surface area contributed by atoms with Crippen molar-refractivity contribution in [1.29, 1.82) is 0 Å². The highest BCUT2D eigenvalue weighted by atomic mass is 35.5. The van der Waals surface area contributed by atoms with Crippen molar-refractivity contribution in [3.63, 3.8) is 0 Å². The van der Waals surface area contributed by atoms with Gasteiger partial charge in [0.25, 0.3) is 5.91 Å². The fraction of sp³-hybridized carbons (Fsp3) is 0.250. The summed E-state index contributed by atoms with van der Waals surface area (Å²) in [6.07, 6.45) is 0.373. The maximum absolute atomic E-state index is 12.4. The number of halogens is 2. The van der Waals surface area contributed by atoms with Crippen LogP contribution in [0.15, 0.2) is 35.7 Å². The third-order valence-electron chi connectivity index (χ3n) is 4.11. The first-order chi connectivity index (χ1) is 10.8. The van der Waals surface area contributed by atoms with Gasteiger partial charge in [0.15, 0.2) is 0 Å². The Morgan fingerprint density at radius 3 is 2.39 bits per heavy atom. The SMILES string of the molecule is C[C@@]1(C(=O)Nc2scc(-c3ccccc3)c2C(N)=O)CC1(Cl)Cl. The molecule has 1 saturated carbocycles. The van der Waals surface area contributed by atoms with Gasteiger partial charge in [0.05, 0.1) is 11.0 Å². The highest BCUT2D eigenvalue weighted by Gasteiger charge is 2.68. The van der Waals surface area contributed by atoms with Crippen LogP contribution >= 0.6 is 34.5 Å². The third kappa shape index (κ3) is 2.73. The van der Waals surface area contributed by atoms with E-state index in [0.29, 0.717) is 22.5 Å². The average Bonchev–Trinajstić information content (AvgIpc) is 2.85. The van der Waals surface area contributed by atoms with Crippen LogP contribution in [-0.4, -0.2) is 16.1 Å². The van der Waals surface area contributed by atoms with Crippen molar-refractivity contribution >= 4 is 51.4 Å². The van der Waals surface area contributed by atoms with Gasteiger partial charge in [-0.1, -0.05) is 30.3 Å². The molecule has 0 aliphatic heterocycles. The lowest BCUT2D eigenvalue weighted by molar-refractivity contribution is -0.120. The molecule has 0 radical (unpaired) electrons. The second-order valence-electron chi connectivity index (χ2n) is 5.75. The molecule has 1 aromatic carbocycles. The highest BCUT2D eigenvalue weighted by Crippen LogP contribution is 2.64. The Morgan fingerprint density at radius 1 is 1.26 bits per heavy atom. The Kier molecular flexibility index (Phi) is 3.91. The molecule has 2 amide bonds. The predicted molar refractivity (Wildman–Crippen MR) is 94.1 cm³/mol. The van der Waals surface area contributed by atoms with E-state index >= 15 is 0 Å². The van der Waals surface area contributed by atoms with Gasteiger partial charge in [-0.3, -0.25) is 9.59 Å². The maximum atomic E-state index is 12.4. The number of nitrogens with two attached hydrogens (primary N) is 1. The van der Waals surface area contributed by atoms with Crippen molar-refractivity contribution in [1.82, 2.24) is 0 Å². The average molecular weight is 369 g/mol. The van der Waals surface area contributed by atoms with Crippen molar-refractivity contribution in [3.05, 3.63) is 41.3 Å². The molecule has 1 aliphatic rings. The molecule has 0 bridgehead atoms. The van der Waals surface area contributed by atoms with E-state index in [-0.39, 0.29) is 5.91 Å². The van der Waals surface area contributed by atoms with Crippen molar-refractivity contribution < 1.29 is 9.59 Å². The zero-order valence-electron chi connectivity index (χ0n) is 12.2. The second-order valence-corrected chi connectivity index (χ2v) is 8.11. The normalized spacial score (nSPS) is 21.7. The monoisotopic (exact) mass is 368 g/mol. The van der Waals surface area contributed by atoms with Crippen molar-refractivity contribution in [2.75, 3.05) is 5.32 Å². The molecule has 1 heterocycles. The summed E-state index contributed by atoms with van der Waals surface area (Å²) in [6, 6.07) is 9.39. The molecule has 7 heteroatoms. The van der Waals surface area contributed by atoms with Gasteiger partial charge in [-0.25, -0.2) is 0 Å². The number of rotatable bonds is 4. The molecule has 120 valence electrons. The first kappa shape index (κ1) is 16.3. The van der Waals surface area contributed by atoms with E-state index < -0.39 is 15.7 Å². The number of amides is 2. The molecule has 0 unspecified atom stereocenters. The number of carbonyl (C=O) groups excluding carboxylic acids is 2. The van der Waals surface area contributed by atoms with E-state index in [1.807, 2.05) is 30.3 Å². The molecule has 1 aromatic heterocycles. The van der Waals surface area contributed by atoms with Crippen LogP contribution in [0.2, 0.25) is 0 Å². The number of anilines is 1. The first-order valence-corrected chi connectivity index (χ1v) is 8.56. The van der Waals surface area contributed by atoms with Crippen LogP contribution in [-0.2, 0) is 4.79 Å². The van der Waals surface area contributed by atoms with E-state index in [9.17, 15) is 9.59 Å². The molecular formula is C16H14Cl2N2O2S. The second kappa shape index (κ2) is 5.51. The molecule has 1 fully saturated rings. The Balaban J connectivity index is 1.94. The van der Waals surface area contributed by atoms with Crippen LogP contribution < -0.4 is 11.1 Å². The van der Waals surface area contributed by atoms with Gasteiger partial charge in [-0.15, -0.1) is 34.5 Å². The highest BCUT2D eigenvalue weighted by molar-refractivity contribution is 7.15. The number of thiophene rings is 1. The maximum Gasteiger partial charge on any atom is 0.252 e. The van der Waals surface area contributed by atoms with E-state index in [1.54, 1.807) is 12.3 Å². The lowest BCUT2D eigenvalue weighted by Crippen LogP contribution is -2.26. The lowest BCUT2D eigenvalue weighted by Gasteiger charge is -2.12. The molecule has 1 atom stereocenters. The zero-order valence-corrected chi connectivity index (χ0v) is 14.6. The topological polar surface area (TPSA) is 72.2 Å². The van der Waals surface area contributed by atoms with E-state index in [2.05, 4.69) is 5.32 Å². The van der Waals surface area contributed by atoms with Gasteiger partial charge in [-0.2, -0.15) is 0 Å². The summed E-state index contributed by atoms with van der Waals surface area (Å²) in [5.74, 6) is -0.907. The van der Waals surface area contributed by atoms with Gasteiger partial charge >= 0.3 is 0 Å². The molecule has 2 aromatic rings. The van der Waals surface area contributed by atoms with Gasteiger partial charge in [0.2, 0.25) is 5.91 Å². The smallest absolute Gasteiger partial charge is 0.252 e. The molecule has 4 nitrogen and oxygen atoms in total. The number of benzene rings is 1. The predicted octanol–water partition coefficient (Wildman–Crippen LogP) is 4.04. The first-order valence-electron chi connectivity index (χ1n) is 6.92. The molecule has 0 saturated heterocycles. The fourth-order valence-corrected chi connectivity index (χ4v) is 4.09. The number of hydrogen-bond acceptors (Lipinski definition) is 3. The minimum Gasteiger partial charge on any atom is -0.365 e. The van der Waals surface area contributed by atoms with E-state index in [1.165, 1.54) is 11.3 Å². The quantitative estimate of drug-likeness (QED) is 0.799. The van der Waals surface area contributed by atoms with Crippen molar-refractivity contribution in [3.8, 4) is 11.1 Å². The minimum absolute atomic E-state index is 0.300. The van der Waals surface area contributed by atoms with Crippen molar-refractivity contribution in [2.24, 2.45) is 11.1 Å². The van der Waals surface area contributed by atoms with Gasteiger partial charge in [-0.05, 0) is 18.9 Å². The Bertz CT molecular complexity index is 789. The van der Waals surface area contributed by atoms with Crippen LogP contribution in [0.3, 0.4) is 0 Å². The van der Waals surface area contributed by atoms with Crippen LogP contribution in [0.4, 0.5) is 5.00 Å². The van der Waals surface area contributed by atoms with Crippen LogP contribution in [0.1, 0.15) is 23.7 Å². The Hall–Kier alpha value is -1.56. The molecule has 23 heavy (non-hydrogen) atoms. The Morgan fingerprint density at radius 2 is 1.87 bits per heavy atom. The van der Waals surface area contributed by atoms with E-state index in [4.69, 9.17) is 28.9 Å². The Labute approximate surface area is 147 Å². The van der Waals surface area contributed by atoms with Gasteiger partial charge < -0.3 is 11.1 Å². The van der Waals surface area contributed by atoms with Crippen LogP contribution in [0, 0.1) is 5.41 Å². The number of primary amides is 1. The minimum atomic E-state index is -1.07. The summed E-state index contributed by atoms with van der Waals surface area (Å²) >= 11 is 13.3.